The monoisotopic (exact) mass is 413 g/mol. The number of rotatable bonds is 6. The number of benzene rings is 1. The highest BCUT2D eigenvalue weighted by atomic mass is 35.5. The highest BCUT2D eigenvalue weighted by Gasteiger charge is 2.58. The molecule has 29 heavy (non-hydrogen) atoms. The number of anilines is 1. The Bertz CT molecular complexity index is 860. The highest BCUT2D eigenvalue weighted by Crippen LogP contribution is 2.60. The average Bonchev–Trinajstić information content (AvgIpc) is 2.66. The van der Waals surface area contributed by atoms with Crippen LogP contribution >= 0.6 is 11.6 Å². The van der Waals surface area contributed by atoms with Gasteiger partial charge in [-0.2, -0.15) is 5.26 Å². The lowest BCUT2D eigenvalue weighted by atomic mass is 9.48. The van der Waals surface area contributed by atoms with E-state index in [4.69, 9.17) is 28.1 Å². The van der Waals surface area contributed by atoms with Crippen LogP contribution in [0.15, 0.2) is 29.3 Å². The van der Waals surface area contributed by atoms with Crippen molar-refractivity contribution in [3.05, 3.63) is 29.3 Å². The second kappa shape index (κ2) is 7.21. The average molecular weight is 414 g/mol. The number of nitrogens with zero attached hydrogens (tertiary/aromatic N) is 2. The lowest BCUT2D eigenvalue weighted by molar-refractivity contribution is -0.144. The second-order valence-corrected chi connectivity index (χ2v) is 9.85. The molecule has 1 aromatic carbocycles. The standard InChI is InChI=1S/C22H28ClN5O/c1-21(6-7-24,28-17-4-2-16(23)3-5-17)19(25)27-18-14-8-13-9-15(18)12-22(10-13,11-14)20(26)29/h2-5,13-15,18,28H,6,8-12H2,1H3,(H2,25,27)(H2,26,29). The van der Waals surface area contributed by atoms with Crippen LogP contribution in [0.4, 0.5) is 5.69 Å². The molecule has 4 fully saturated rings. The number of nitrogens with two attached hydrogens (primary N) is 2. The number of aliphatic imine (C=N–C) groups is 1. The van der Waals surface area contributed by atoms with E-state index >= 15 is 0 Å². The molecule has 4 aliphatic rings. The Morgan fingerprint density at radius 1 is 1.28 bits per heavy atom. The minimum absolute atomic E-state index is 0.101. The lowest BCUT2D eigenvalue weighted by Crippen LogP contribution is -2.58. The molecule has 0 heterocycles. The Hall–Kier alpha value is -2.26. The molecule has 4 aliphatic carbocycles. The molecule has 1 amide bonds. The minimum Gasteiger partial charge on any atom is -0.385 e. The summed E-state index contributed by atoms with van der Waals surface area (Å²) in [5.74, 6) is 1.55. The van der Waals surface area contributed by atoms with Crippen molar-refractivity contribution in [3.63, 3.8) is 0 Å². The van der Waals surface area contributed by atoms with Crippen molar-refractivity contribution in [2.24, 2.45) is 39.6 Å². The molecule has 0 spiro atoms. The first-order valence-corrected chi connectivity index (χ1v) is 10.7. The summed E-state index contributed by atoms with van der Waals surface area (Å²) in [6.07, 6.45) is 4.94. The molecule has 3 unspecified atom stereocenters. The Kier molecular flexibility index (Phi) is 4.98. The summed E-state index contributed by atoms with van der Waals surface area (Å²) in [6, 6.07) is 9.66. The van der Waals surface area contributed by atoms with Gasteiger partial charge in [0.2, 0.25) is 5.91 Å². The first-order valence-electron chi connectivity index (χ1n) is 10.3. The van der Waals surface area contributed by atoms with Gasteiger partial charge in [-0.05, 0) is 81.0 Å². The molecule has 5 rings (SSSR count). The van der Waals surface area contributed by atoms with Crippen LogP contribution in [0.1, 0.15) is 45.4 Å². The van der Waals surface area contributed by atoms with Crippen LogP contribution < -0.4 is 16.8 Å². The molecule has 6 nitrogen and oxygen atoms in total. The third kappa shape index (κ3) is 3.57. The second-order valence-electron chi connectivity index (χ2n) is 9.42. The summed E-state index contributed by atoms with van der Waals surface area (Å²) >= 11 is 5.98. The van der Waals surface area contributed by atoms with E-state index in [-0.39, 0.29) is 23.8 Å². The van der Waals surface area contributed by atoms with Crippen LogP contribution in [0.2, 0.25) is 5.02 Å². The van der Waals surface area contributed by atoms with Gasteiger partial charge in [-0.25, -0.2) is 0 Å². The molecule has 0 aliphatic heterocycles. The predicted octanol–water partition coefficient (Wildman–Crippen LogP) is 3.46. The van der Waals surface area contributed by atoms with Crippen molar-refractivity contribution in [1.82, 2.24) is 0 Å². The van der Waals surface area contributed by atoms with Gasteiger partial charge >= 0.3 is 0 Å². The zero-order chi connectivity index (χ0) is 20.8. The zero-order valence-electron chi connectivity index (χ0n) is 16.7. The lowest BCUT2D eigenvalue weighted by Gasteiger charge is -2.57. The number of carbonyl (C=O) groups is 1. The summed E-state index contributed by atoms with van der Waals surface area (Å²) in [5, 5.41) is 13.4. The van der Waals surface area contributed by atoms with E-state index in [2.05, 4.69) is 11.4 Å². The van der Waals surface area contributed by atoms with Gasteiger partial charge in [-0.3, -0.25) is 9.79 Å². The van der Waals surface area contributed by atoms with E-state index in [9.17, 15) is 10.1 Å². The van der Waals surface area contributed by atoms with Crippen LogP contribution in [0.3, 0.4) is 0 Å². The number of hydrogen-bond acceptors (Lipinski definition) is 4. The van der Waals surface area contributed by atoms with Gasteiger partial charge < -0.3 is 16.8 Å². The Morgan fingerprint density at radius 2 is 1.90 bits per heavy atom. The largest absolute Gasteiger partial charge is 0.385 e. The number of hydrogen-bond donors (Lipinski definition) is 3. The maximum atomic E-state index is 12.2. The number of amidine groups is 1. The fourth-order valence-corrected chi connectivity index (χ4v) is 6.15. The van der Waals surface area contributed by atoms with E-state index in [0.29, 0.717) is 28.6 Å². The molecule has 0 radical (unpaired) electrons. The summed E-state index contributed by atoms with van der Waals surface area (Å²) in [6.45, 7) is 1.91. The predicted molar refractivity (Wildman–Crippen MR) is 114 cm³/mol. The number of halogens is 1. The number of primary amides is 1. The molecular weight excluding hydrogens is 386 g/mol. The SMILES string of the molecule is CC(CC#N)(Nc1ccc(Cl)cc1)C(N)=NC1C2CC3CC1CC(C(N)=O)(C3)C2. The van der Waals surface area contributed by atoms with Gasteiger partial charge in [-0.15, -0.1) is 0 Å². The minimum atomic E-state index is -0.779. The van der Waals surface area contributed by atoms with Gasteiger partial charge in [0, 0.05) is 16.1 Å². The summed E-state index contributed by atoms with van der Waals surface area (Å²) in [7, 11) is 0. The van der Waals surface area contributed by atoms with Crippen molar-refractivity contribution in [2.75, 3.05) is 5.32 Å². The normalized spacial score (nSPS) is 35.0. The highest BCUT2D eigenvalue weighted by molar-refractivity contribution is 6.30. The molecule has 154 valence electrons. The Labute approximate surface area is 176 Å². The van der Waals surface area contributed by atoms with Gasteiger partial charge in [0.25, 0.3) is 0 Å². The smallest absolute Gasteiger partial charge is 0.223 e. The third-order valence-corrected chi connectivity index (χ3v) is 7.55. The zero-order valence-corrected chi connectivity index (χ0v) is 17.5. The number of amides is 1. The van der Waals surface area contributed by atoms with E-state index in [1.54, 1.807) is 12.1 Å². The Morgan fingerprint density at radius 3 is 2.45 bits per heavy atom. The molecule has 1 aromatic rings. The fourth-order valence-electron chi connectivity index (χ4n) is 6.02. The van der Waals surface area contributed by atoms with Gasteiger partial charge in [0.1, 0.15) is 11.4 Å². The summed E-state index contributed by atoms with van der Waals surface area (Å²) in [4.78, 5) is 17.1. The maximum absolute atomic E-state index is 12.2. The molecular formula is C22H28ClN5O. The van der Waals surface area contributed by atoms with E-state index in [1.165, 1.54) is 0 Å². The van der Waals surface area contributed by atoms with Crippen LogP contribution in [0.5, 0.6) is 0 Å². The van der Waals surface area contributed by atoms with Crippen LogP contribution in [-0.2, 0) is 4.79 Å². The first kappa shape index (κ1) is 20.0. The van der Waals surface area contributed by atoms with Crippen LogP contribution in [0.25, 0.3) is 0 Å². The van der Waals surface area contributed by atoms with Gasteiger partial charge in [-0.1, -0.05) is 11.6 Å². The molecule has 4 saturated carbocycles. The first-order chi connectivity index (χ1) is 13.7. The molecule has 3 atom stereocenters. The number of nitrogens with one attached hydrogen (secondary N) is 1. The molecule has 0 aromatic heterocycles. The van der Waals surface area contributed by atoms with Crippen LogP contribution in [-0.4, -0.2) is 23.3 Å². The van der Waals surface area contributed by atoms with Crippen molar-refractivity contribution >= 4 is 29.0 Å². The van der Waals surface area contributed by atoms with Gasteiger partial charge in [0.15, 0.2) is 0 Å². The molecule has 7 heteroatoms. The number of carbonyl (C=O) groups excluding carboxylic acids is 1. The topological polar surface area (TPSA) is 117 Å². The summed E-state index contributed by atoms with van der Waals surface area (Å²) in [5.41, 5.74) is 12.0. The van der Waals surface area contributed by atoms with Crippen molar-refractivity contribution in [3.8, 4) is 6.07 Å². The van der Waals surface area contributed by atoms with E-state index < -0.39 is 5.54 Å². The third-order valence-electron chi connectivity index (χ3n) is 7.30. The van der Waals surface area contributed by atoms with Crippen molar-refractivity contribution < 1.29 is 4.79 Å². The van der Waals surface area contributed by atoms with Crippen molar-refractivity contribution in [2.45, 2.75) is 57.0 Å². The van der Waals surface area contributed by atoms with E-state index in [1.807, 2.05) is 19.1 Å². The molecule has 4 bridgehead atoms. The van der Waals surface area contributed by atoms with Crippen molar-refractivity contribution in [1.29, 1.82) is 5.26 Å². The van der Waals surface area contributed by atoms with Gasteiger partial charge in [0.05, 0.1) is 18.5 Å². The Balaban J connectivity index is 1.58. The quantitative estimate of drug-likeness (QED) is 0.488. The fraction of sp³-hybridized carbons (Fsp3) is 0.591. The maximum Gasteiger partial charge on any atom is 0.223 e. The summed E-state index contributed by atoms with van der Waals surface area (Å²) < 4.78 is 0. The molecule has 5 N–H and O–H groups in total. The van der Waals surface area contributed by atoms with Crippen LogP contribution in [0, 0.1) is 34.5 Å². The number of nitriles is 1. The molecule has 0 saturated heterocycles. The van der Waals surface area contributed by atoms with E-state index in [0.717, 1.165) is 37.8 Å².